The third-order valence-electron chi connectivity index (χ3n) is 6.26. The predicted octanol–water partition coefficient (Wildman–Crippen LogP) is 5.75. The summed E-state index contributed by atoms with van der Waals surface area (Å²) >= 11 is 0. The molecule has 0 spiro atoms. The summed E-state index contributed by atoms with van der Waals surface area (Å²) in [7, 11) is -4.25. The zero-order valence-electron chi connectivity index (χ0n) is 18.3. The van der Waals surface area contributed by atoms with Crippen molar-refractivity contribution in [3.63, 3.8) is 0 Å². The first-order valence-corrected chi connectivity index (χ1v) is 14.6. The molecular weight excluding hydrogens is 360 g/mol. The van der Waals surface area contributed by atoms with Crippen LogP contribution in [0.5, 0.6) is 0 Å². The second-order valence-corrected chi connectivity index (χ2v) is 19.3. The standard InChI is InChI=1S/C20H40O4Si2/c1-10-25(11-2,12-3)23-16-13-14-21-17-15-22-26(19(4,5)6,20(7,8)9)24-18(16)17/h13-14,16-18H,10-12,15H2,1-9H3/t16-,17-,18+/m1/s1. The average molecular weight is 401 g/mol. The van der Waals surface area contributed by atoms with Crippen LogP contribution in [0.1, 0.15) is 62.3 Å². The molecule has 0 aromatic heterocycles. The molecule has 0 bridgehead atoms. The number of hydrogen-bond donors (Lipinski definition) is 0. The highest BCUT2D eigenvalue weighted by Crippen LogP contribution is 2.55. The van der Waals surface area contributed by atoms with Gasteiger partial charge in [-0.2, -0.15) is 0 Å². The first-order valence-electron chi connectivity index (χ1n) is 10.3. The van der Waals surface area contributed by atoms with Crippen molar-refractivity contribution in [2.45, 2.75) is 109 Å². The van der Waals surface area contributed by atoms with E-state index in [1.54, 1.807) is 6.26 Å². The van der Waals surface area contributed by atoms with Gasteiger partial charge in [-0.15, -0.1) is 0 Å². The Labute approximate surface area is 163 Å². The third kappa shape index (κ3) is 3.85. The fraction of sp³-hybridized carbons (Fsp3) is 0.900. The molecule has 3 atom stereocenters. The smallest absolute Gasteiger partial charge is 0.349 e. The van der Waals surface area contributed by atoms with Gasteiger partial charge in [-0.25, -0.2) is 0 Å². The van der Waals surface area contributed by atoms with Crippen molar-refractivity contribution < 1.29 is 18.0 Å². The molecule has 0 aromatic rings. The summed E-state index contributed by atoms with van der Waals surface area (Å²) in [6, 6.07) is 3.42. The van der Waals surface area contributed by atoms with E-state index in [4.69, 9.17) is 18.0 Å². The van der Waals surface area contributed by atoms with Gasteiger partial charge in [-0.05, 0) is 24.2 Å². The molecule has 0 N–H and O–H groups in total. The van der Waals surface area contributed by atoms with Crippen molar-refractivity contribution in [3.05, 3.63) is 12.3 Å². The van der Waals surface area contributed by atoms with E-state index in [0.29, 0.717) is 6.61 Å². The number of rotatable bonds is 5. The lowest BCUT2D eigenvalue weighted by atomic mass is 10.1. The largest absolute Gasteiger partial charge is 0.493 e. The molecule has 1 fully saturated rings. The molecule has 0 unspecified atom stereocenters. The maximum Gasteiger partial charge on any atom is 0.349 e. The van der Waals surface area contributed by atoms with Crippen LogP contribution in [0.25, 0.3) is 0 Å². The van der Waals surface area contributed by atoms with E-state index >= 15 is 0 Å². The molecular formula is C20H40O4Si2. The Morgan fingerprint density at radius 3 is 2.00 bits per heavy atom. The lowest BCUT2D eigenvalue weighted by molar-refractivity contribution is -0.119. The van der Waals surface area contributed by atoms with Crippen LogP contribution in [0.3, 0.4) is 0 Å². The molecule has 2 rings (SSSR count). The third-order valence-corrected chi connectivity index (χ3v) is 16.0. The molecule has 6 heteroatoms. The molecule has 0 radical (unpaired) electrons. The molecule has 0 amide bonds. The van der Waals surface area contributed by atoms with Gasteiger partial charge in [0.2, 0.25) is 0 Å². The van der Waals surface area contributed by atoms with Crippen molar-refractivity contribution in [3.8, 4) is 0 Å². The van der Waals surface area contributed by atoms with Gasteiger partial charge in [0.1, 0.15) is 12.2 Å². The normalized spacial score (nSPS) is 29.2. The van der Waals surface area contributed by atoms with Crippen LogP contribution in [0, 0.1) is 0 Å². The number of hydrogen-bond acceptors (Lipinski definition) is 4. The molecule has 0 aliphatic carbocycles. The van der Waals surface area contributed by atoms with E-state index < -0.39 is 16.9 Å². The van der Waals surface area contributed by atoms with Crippen molar-refractivity contribution in [1.82, 2.24) is 0 Å². The summed E-state index contributed by atoms with van der Waals surface area (Å²) in [5, 5.41) is -0.0621. The lowest BCUT2D eigenvalue weighted by Gasteiger charge is -2.56. The van der Waals surface area contributed by atoms with E-state index in [1.807, 2.05) is 0 Å². The van der Waals surface area contributed by atoms with Crippen LogP contribution in [-0.4, -0.2) is 41.8 Å². The van der Waals surface area contributed by atoms with Gasteiger partial charge in [-0.1, -0.05) is 62.3 Å². The summed E-state index contributed by atoms with van der Waals surface area (Å²) in [6.45, 7) is 20.9. The fourth-order valence-corrected chi connectivity index (χ4v) is 12.4. The monoisotopic (exact) mass is 400 g/mol. The first-order chi connectivity index (χ1) is 12.0. The van der Waals surface area contributed by atoms with Crippen LogP contribution in [-0.2, 0) is 18.0 Å². The minimum absolute atomic E-state index is 0.0271. The minimum Gasteiger partial charge on any atom is -0.493 e. The molecule has 0 aromatic carbocycles. The number of fused-ring (bicyclic) bond motifs is 1. The quantitative estimate of drug-likeness (QED) is 0.551. The molecule has 2 aliphatic rings. The number of ether oxygens (including phenoxy) is 1. The molecule has 0 saturated carbocycles. The van der Waals surface area contributed by atoms with Gasteiger partial charge in [-0.3, -0.25) is 0 Å². The summed E-state index contributed by atoms with van der Waals surface area (Å²) < 4.78 is 26.2. The van der Waals surface area contributed by atoms with E-state index in [1.165, 1.54) is 0 Å². The molecule has 152 valence electrons. The van der Waals surface area contributed by atoms with Gasteiger partial charge < -0.3 is 18.0 Å². The second kappa shape index (κ2) is 7.70. The van der Waals surface area contributed by atoms with Crippen molar-refractivity contribution in [1.29, 1.82) is 0 Å². The zero-order valence-corrected chi connectivity index (χ0v) is 20.3. The minimum atomic E-state index is -2.52. The van der Waals surface area contributed by atoms with Crippen LogP contribution < -0.4 is 0 Å². The summed E-state index contributed by atoms with van der Waals surface area (Å²) in [4.78, 5) is 0. The van der Waals surface area contributed by atoms with Gasteiger partial charge >= 0.3 is 8.56 Å². The average Bonchev–Trinajstić information content (AvgIpc) is 2.57. The van der Waals surface area contributed by atoms with E-state index in [-0.39, 0.29) is 28.4 Å². The van der Waals surface area contributed by atoms with Crippen molar-refractivity contribution in [2.24, 2.45) is 0 Å². The van der Waals surface area contributed by atoms with E-state index in [0.717, 1.165) is 18.1 Å². The highest BCUT2D eigenvalue weighted by Gasteiger charge is 2.63. The lowest BCUT2D eigenvalue weighted by Crippen LogP contribution is -2.68. The van der Waals surface area contributed by atoms with Gasteiger partial charge in [0.25, 0.3) is 0 Å². The van der Waals surface area contributed by atoms with Gasteiger partial charge in [0.15, 0.2) is 8.32 Å². The SMILES string of the molecule is CC[Si](CC)(CC)O[C@@H]1C=CO[C@@H]2CO[Si](C(C)(C)C)(C(C)(C)C)O[C@@H]12. The van der Waals surface area contributed by atoms with Crippen LogP contribution in [0.4, 0.5) is 0 Å². The summed E-state index contributed by atoms with van der Waals surface area (Å²) in [6.07, 6.45) is 3.69. The van der Waals surface area contributed by atoms with E-state index in [9.17, 15) is 0 Å². The predicted molar refractivity (Wildman–Crippen MR) is 112 cm³/mol. The van der Waals surface area contributed by atoms with Crippen LogP contribution >= 0.6 is 0 Å². The molecule has 2 heterocycles. The maximum absolute atomic E-state index is 6.94. The van der Waals surface area contributed by atoms with Crippen LogP contribution in [0.15, 0.2) is 12.3 Å². The topological polar surface area (TPSA) is 36.9 Å². The van der Waals surface area contributed by atoms with E-state index in [2.05, 4.69) is 68.4 Å². The van der Waals surface area contributed by atoms with Crippen molar-refractivity contribution in [2.75, 3.05) is 6.61 Å². The Balaban J connectivity index is 2.35. The summed E-state index contributed by atoms with van der Waals surface area (Å²) in [5.41, 5.74) is 0. The van der Waals surface area contributed by atoms with Crippen molar-refractivity contribution >= 4 is 16.9 Å². The second-order valence-electron chi connectivity index (χ2n) is 9.84. The zero-order chi connectivity index (χ0) is 19.8. The Morgan fingerprint density at radius 2 is 1.54 bits per heavy atom. The van der Waals surface area contributed by atoms with Crippen LogP contribution in [0.2, 0.25) is 28.2 Å². The highest BCUT2D eigenvalue weighted by atomic mass is 28.4. The Hall–Kier alpha value is -0.146. The first kappa shape index (κ1) is 22.1. The Morgan fingerprint density at radius 1 is 1.00 bits per heavy atom. The van der Waals surface area contributed by atoms with Gasteiger partial charge in [0.05, 0.1) is 19.0 Å². The molecule has 26 heavy (non-hydrogen) atoms. The molecule has 4 nitrogen and oxygen atoms in total. The molecule has 1 saturated heterocycles. The highest BCUT2D eigenvalue weighted by molar-refractivity contribution is 6.74. The Kier molecular flexibility index (Phi) is 6.56. The molecule has 2 aliphatic heterocycles. The maximum atomic E-state index is 6.94. The fourth-order valence-electron chi connectivity index (χ4n) is 4.63. The Bertz CT molecular complexity index is 481. The van der Waals surface area contributed by atoms with Gasteiger partial charge in [0, 0.05) is 10.1 Å². The summed E-state index contributed by atoms with van der Waals surface area (Å²) in [5.74, 6) is 0.